The van der Waals surface area contributed by atoms with Crippen LogP contribution in [-0.4, -0.2) is 38.3 Å². The molecule has 26 heavy (non-hydrogen) atoms. The molecule has 0 saturated carbocycles. The SMILES string of the molecule is COc1cccc(NC(=O)C2CCCCN2S(=O)(=O)c2ccccc2)c1. The minimum Gasteiger partial charge on any atom is -0.497 e. The van der Waals surface area contributed by atoms with Gasteiger partial charge in [-0.25, -0.2) is 8.42 Å². The first-order valence-electron chi connectivity index (χ1n) is 8.54. The maximum absolute atomic E-state index is 13.0. The predicted octanol–water partition coefficient (Wildman–Crippen LogP) is 2.88. The quantitative estimate of drug-likeness (QED) is 0.873. The molecule has 7 heteroatoms. The number of rotatable bonds is 5. The van der Waals surface area contributed by atoms with Crippen molar-refractivity contribution < 1.29 is 17.9 Å². The second-order valence-electron chi connectivity index (χ2n) is 6.16. The Bertz CT molecular complexity index is 868. The fourth-order valence-corrected chi connectivity index (χ4v) is 4.79. The summed E-state index contributed by atoms with van der Waals surface area (Å²) in [5.74, 6) is 0.303. The van der Waals surface area contributed by atoms with Gasteiger partial charge in [-0.05, 0) is 37.1 Å². The number of nitrogens with zero attached hydrogens (tertiary/aromatic N) is 1. The Morgan fingerprint density at radius 2 is 1.88 bits per heavy atom. The molecule has 1 unspecified atom stereocenters. The number of benzene rings is 2. The van der Waals surface area contributed by atoms with Crippen molar-refractivity contribution in [3.8, 4) is 5.75 Å². The second-order valence-corrected chi connectivity index (χ2v) is 8.05. The minimum absolute atomic E-state index is 0.209. The highest BCUT2D eigenvalue weighted by molar-refractivity contribution is 7.89. The number of sulfonamides is 1. The lowest BCUT2D eigenvalue weighted by Crippen LogP contribution is -2.49. The Hall–Kier alpha value is -2.38. The summed E-state index contributed by atoms with van der Waals surface area (Å²) in [6, 6.07) is 14.5. The number of hydrogen-bond acceptors (Lipinski definition) is 4. The van der Waals surface area contributed by atoms with Gasteiger partial charge in [-0.15, -0.1) is 0 Å². The molecule has 0 bridgehead atoms. The number of carbonyl (C=O) groups excluding carboxylic acids is 1. The smallest absolute Gasteiger partial charge is 0.243 e. The molecule has 3 rings (SSSR count). The van der Waals surface area contributed by atoms with Gasteiger partial charge >= 0.3 is 0 Å². The number of carbonyl (C=O) groups is 1. The summed E-state index contributed by atoms with van der Waals surface area (Å²) in [6.07, 6.45) is 2.06. The zero-order valence-electron chi connectivity index (χ0n) is 14.6. The largest absolute Gasteiger partial charge is 0.497 e. The zero-order chi connectivity index (χ0) is 18.6. The van der Waals surface area contributed by atoms with Gasteiger partial charge in [-0.3, -0.25) is 4.79 Å². The molecule has 1 fully saturated rings. The molecule has 0 spiro atoms. The number of amides is 1. The first-order chi connectivity index (χ1) is 12.5. The summed E-state index contributed by atoms with van der Waals surface area (Å²) >= 11 is 0. The molecular formula is C19H22N2O4S. The maximum Gasteiger partial charge on any atom is 0.243 e. The van der Waals surface area contributed by atoms with Crippen LogP contribution < -0.4 is 10.1 Å². The number of hydrogen-bond donors (Lipinski definition) is 1. The molecule has 1 aliphatic heterocycles. The lowest BCUT2D eigenvalue weighted by molar-refractivity contribution is -0.120. The van der Waals surface area contributed by atoms with Crippen LogP contribution in [-0.2, 0) is 14.8 Å². The van der Waals surface area contributed by atoms with Gasteiger partial charge in [0.15, 0.2) is 0 Å². The van der Waals surface area contributed by atoms with Crippen molar-refractivity contribution in [2.75, 3.05) is 19.0 Å². The van der Waals surface area contributed by atoms with Crippen LogP contribution in [0.5, 0.6) is 5.75 Å². The predicted molar refractivity (Wildman–Crippen MR) is 99.6 cm³/mol. The van der Waals surface area contributed by atoms with Crippen LogP contribution in [0.4, 0.5) is 5.69 Å². The Labute approximate surface area is 153 Å². The number of nitrogens with one attached hydrogen (secondary N) is 1. The number of piperidine rings is 1. The summed E-state index contributed by atoms with van der Waals surface area (Å²) in [7, 11) is -2.16. The zero-order valence-corrected chi connectivity index (χ0v) is 15.4. The van der Waals surface area contributed by atoms with E-state index in [4.69, 9.17) is 4.74 Å². The molecule has 2 aromatic rings. The molecule has 0 aliphatic carbocycles. The van der Waals surface area contributed by atoms with E-state index in [9.17, 15) is 13.2 Å². The van der Waals surface area contributed by atoms with Crippen LogP contribution in [0.1, 0.15) is 19.3 Å². The van der Waals surface area contributed by atoms with Gasteiger partial charge in [-0.1, -0.05) is 30.7 Å². The molecule has 2 aromatic carbocycles. The first kappa shape index (κ1) is 18.4. The molecule has 1 N–H and O–H groups in total. The van der Waals surface area contributed by atoms with E-state index in [0.29, 0.717) is 24.4 Å². The van der Waals surface area contributed by atoms with Crippen LogP contribution in [0, 0.1) is 0 Å². The summed E-state index contributed by atoms with van der Waals surface area (Å²) in [5, 5.41) is 2.81. The Kier molecular flexibility index (Phi) is 5.58. The molecule has 1 heterocycles. The molecule has 1 atom stereocenters. The molecule has 1 saturated heterocycles. The van der Waals surface area contributed by atoms with Crippen LogP contribution in [0.15, 0.2) is 59.5 Å². The van der Waals surface area contributed by atoms with Gasteiger partial charge in [0.2, 0.25) is 15.9 Å². The van der Waals surface area contributed by atoms with Gasteiger partial charge in [0.25, 0.3) is 0 Å². The van der Waals surface area contributed by atoms with Crippen LogP contribution >= 0.6 is 0 Å². The van der Waals surface area contributed by atoms with Gasteiger partial charge in [0.05, 0.1) is 12.0 Å². The molecule has 1 amide bonds. The lowest BCUT2D eigenvalue weighted by Gasteiger charge is -2.33. The summed E-state index contributed by atoms with van der Waals surface area (Å²) in [4.78, 5) is 13.0. The van der Waals surface area contributed by atoms with Crippen LogP contribution in [0.3, 0.4) is 0 Å². The number of ether oxygens (including phenoxy) is 1. The Morgan fingerprint density at radius 3 is 2.62 bits per heavy atom. The van der Waals surface area contributed by atoms with Crippen molar-refractivity contribution in [3.63, 3.8) is 0 Å². The van der Waals surface area contributed by atoms with E-state index in [1.54, 1.807) is 61.7 Å². The Balaban J connectivity index is 1.83. The minimum atomic E-state index is -3.71. The molecule has 6 nitrogen and oxygen atoms in total. The highest BCUT2D eigenvalue weighted by Gasteiger charge is 2.37. The fraction of sp³-hybridized carbons (Fsp3) is 0.316. The Morgan fingerprint density at radius 1 is 1.12 bits per heavy atom. The standard InChI is InChI=1S/C19H22N2O4S/c1-25-16-9-7-8-15(14-16)20-19(22)18-12-5-6-13-21(18)26(23,24)17-10-3-2-4-11-17/h2-4,7-11,14,18H,5-6,12-13H2,1H3,(H,20,22). The van der Waals surface area contributed by atoms with E-state index >= 15 is 0 Å². The fourth-order valence-electron chi connectivity index (χ4n) is 3.11. The van der Waals surface area contributed by atoms with Crippen molar-refractivity contribution in [1.82, 2.24) is 4.31 Å². The van der Waals surface area contributed by atoms with E-state index in [0.717, 1.165) is 12.8 Å². The van der Waals surface area contributed by atoms with E-state index in [1.165, 1.54) is 4.31 Å². The molecule has 138 valence electrons. The molecule has 0 radical (unpaired) electrons. The monoisotopic (exact) mass is 374 g/mol. The second kappa shape index (κ2) is 7.88. The van der Waals surface area contributed by atoms with Crippen molar-refractivity contribution in [2.45, 2.75) is 30.2 Å². The van der Waals surface area contributed by atoms with Gasteiger partial charge < -0.3 is 10.1 Å². The van der Waals surface area contributed by atoms with Crippen LogP contribution in [0.2, 0.25) is 0 Å². The van der Waals surface area contributed by atoms with Crippen molar-refractivity contribution in [3.05, 3.63) is 54.6 Å². The van der Waals surface area contributed by atoms with Crippen LogP contribution in [0.25, 0.3) is 0 Å². The highest BCUT2D eigenvalue weighted by Crippen LogP contribution is 2.26. The maximum atomic E-state index is 13.0. The van der Waals surface area contributed by atoms with Crippen molar-refractivity contribution in [2.24, 2.45) is 0 Å². The summed E-state index contributed by atoms with van der Waals surface area (Å²) < 4.78 is 32.4. The highest BCUT2D eigenvalue weighted by atomic mass is 32.2. The van der Waals surface area contributed by atoms with E-state index < -0.39 is 16.1 Å². The topological polar surface area (TPSA) is 75.7 Å². The van der Waals surface area contributed by atoms with Gasteiger partial charge in [-0.2, -0.15) is 4.31 Å². The van der Waals surface area contributed by atoms with Gasteiger partial charge in [0.1, 0.15) is 11.8 Å². The van der Waals surface area contributed by atoms with E-state index in [-0.39, 0.29) is 10.8 Å². The number of methoxy groups -OCH3 is 1. The average Bonchev–Trinajstić information content (AvgIpc) is 2.68. The summed E-state index contributed by atoms with van der Waals surface area (Å²) in [6.45, 7) is 0.341. The normalized spacial score (nSPS) is 18.3. The van der Waals surface area contributed by atoms with E-state index in [1.807, 2.05) is 0 Å². The molecule has 1 aliphatic rings. The average molecular weight is 374 g/mol. The third-order valence-corrected chi connectivity index (χ3v) is 6.37. The van der Waals surface area contributed by atoms with Crippen molar-refractivity contribution >= 4 is 21.6 Å². The molecular weight excluding hydrogens is 352 g/mol. The van der Waals surface area contributed by atoms with Gasteiger partial charge in [0, 0.05) is 18.3 Å². The lowest BCUT2D eigenvalue weighted by atomic mass is 10.0. The third-order valence-electron chi connectivity index (χ3n) is 4.44. The van der Waals surface area contributed by atoms with Crippen molar-refractivity contribution in [1.29, 1.82) is 0 Å². The molecule has 0 aromatic heterocycles. The first-order valence-corrected chi connectivity index (χ1v) is 9.98. The summed E-state index contributed by atoms with van der Waals surface area (Å²) in [5.41, 5.74) is 0.581. The third kappa shape index (κ3) is 3.89. The number of anilines is 1. The van der Waals surface area contributed by atoms with E-state index in [2.05, 4.69) is 5.32 Å².